The molecule has 0 bridgehead atoms. The smallest absolute Gasteiger partial charge is 0.211 e. The predicted octanol–water partition coefficient (Wildman–Crippen LogP) is 4.03. The zero-order valence-corrected chi connectivity index (χ0v) is 18.5. The van der Waals surface area contributed by atoms with E-state index < -0.39 is 10.0 Å². The molecule has 1 saturated heterocycles. The number of nitriles is 1. The van der Waals surface area contributed by atoms with Gasteiger partial charge in [-0.05, 0) is 61.8 Å². The Morgan fingerprint density at radius 2 is 2.10 bits per heavy atom. The minimum atomic E-state index is -3.13. The van der Waals surface area contributed by atoms with E-state index in [1.54, 1.807) is 10.5 Å². The Kier molecular flexibility index (Phi) is 6.91. The van der Waals surface area contributed by atoms with E-state index in [1.165, 1.54) is 6.26 Å². The van der Waals surface area contributed by atoms with E-state index in [0.717, 1.165) is 46.9 Å². The highest BCUT2D eigenvalue weighted by atomic mass is 32.2. The summed E-state index contributed by atoms with van der Waals surface area (Å²) >= 11 is 0. The Hall–Kier alpha value is -2.69. The second kappa shape index (κ2) is 9.41. The molecule has 0 radical (unpaired) electrons. The van der Waals surface area contributed by atoms with Gasteiger partial charge in [-0.25, -0.2) is 12.7 Å². The number of pyridine rings is 1. The molecular weight excluding hydrogens is 396 g/mol. The first-order valence-corrected chi connectivity index (χ1v) is 12.0. The van der Waals surface area contributed by atoms with E-state index in [0.29, 0.717) is 18.7 Å². The minimum absolute atomic E-state index is 0.215. The fourth-order valence-corrected chi connectivity index (χ4v) is 4.69. The van der Waals surface area contributed by atoms with E-state index >= 15 is 0 Å². The first kappa shape index (κ1) is 22.0. The van der Waals surface area contributed by atoms with Crippen molar-refractivity contribution in [3.8, 4) is 6.07 Å². The summed E-state index contributed by atoms with van der Waals surface area (Å²) < 4.78 is 25.1. The number of piperidine rings is 1. The van der Waals surface area contributed by atoms with Gasteiger partial charge in [0.1, 0.15) is 0 Å². The highest BCUT2D eigenvalue weighted by Gasteiger charge is 2.25. The molecule has 7 heteroatoms. The van der Waals surface area contributed by atoms with Crippen LogP contribution in [0.5, 0.6) is 0 Å². The van der Waals surface area contributed by atoms with Gasteiger partial charge in [0.2, 0.25) is 10.0 Å². The molecule has 2 aromatic rings. The molecule has 0 saturated carbocycles. The van der Waals surface area contributed by atoms with Crippen molar-refractivity contribution in [3.05, 3.63) is 59.5 Å². The molecule has 0 atom stereocenters. The summed E-state index contributed by atoms with van der Waals surface area (Å²) in [5.41, 5.74) is 3.83. The van der Waals surface area contributed by atoms with Crippen LogP contribution in [-0.4, -0.2) is 43.1 Å². The van der Waals surface area contributed by atoms with Crippen molar-refractivity contribution in [2.45, 2.75) is 39.2 Å². The van der Waals surface area contributed by atoms with Crippen LogP contribution >= 0.6 is 0 Å². The number of nitrogens with one attached hydrogen (secondary N) is 1. The largest absolute Gasteiger partial charge is 0.382 e. The normalized spacial score (nSPS) is 17.1. The molecule has 0 aliphatic carbocycles. The van der Waals surface area contributed by atoms with Gasteiger partial charge in [0, 0.05) is 42.6 Å². The lowest BCUT2D eigenvalue weighted by molar-refractivity contribution is 0.332. The van der Waals surface area contributed by atoms with Crippen molar-refractivity contribution >= 4 is 26.5 Å². The molecule has 2 heterocycles. The van der Waals surface area contributed by atoms with E-state index in [9.17, 15) is 13.7 Å². The highest BCUT2D eigenvalue weighted by molar-refractivity contribution is 7.88. The van der Waals surface area contributed by atoms with Crippen LogP contribution in [0, 0.1) is 11.3 Å². The third kappa shape index (κ3) is 5.26. The van der Waals surface area contributed by atoms with Crippen LogP contribution in [0.25, 0.3) is 10.8 Å². The molecule has 1 aliphatic heterocycles. The van der Waals surface area contributed by atoms with E-state index in [4.69, 9.17) is 0 Å². The summed E-state index contributed by atoms with van der Waals surface area (Å²) in [5.74, 6) is 0. The van der Waals surface area contributed by atoms with Gasteiger partial charge in [0.25, 0.3) is 0 Å². The lowest BCUT2D eigenvalue weighted by Gasteiger charge is -2.31. The Morgan fingerprint density at radius 3 is 2.73 bits per heavy atom. The molecule has 3 rings (SSSR count). The fourth-order valence-electron chi connectivity index (χ4n) is 3.81. The lowest BCUT2D eigenvalue weighted by atomic mass is 10.00. The number of aromatic nitrogens is 1. The van der Waals surface area contributed by atoms with Crippen LogP contribution in [0.15, 0.2) is 53.9 Å². The summed E-state index contributed by atoms with van der Waals surface area (Å²) in [4.78, 5) is 4.28. The number of rotatable bonds is 6. The number of nitrogens with zero attached hydrogens (tertiary/aromatic N) is 3. The molecular formula is C23H28N4O2S. The summed E-state index contributed by atoms with van der Waals surface area (Å²) in [7, 11) is -3.13. The average Bonchev–Trinajstić information content (AvgIpc) is 2.73. The van der Waals surface area contributed by atoms with Gasteiger partial charge in [0.15, 0.2) is 0 Å². The maximum Gasteiger partial charge on any atom is 0.211 e. The number of fused-ring (bicyclic) bond motifs is 1. The average molecular weight is 425 g/mol. The van der Waals surface area contributed by atoms with Crippen LogP contribution in [0.4, 0.5) is 5.69 Å². The number of hydrogen-bond acceptors (Lipinski definition) is 5. The van der Waals surface area contributed by atoms with Gasteiger partial charge < -0.3 is 5.32 Å². The summed E-state index contributed by atoms with van der Waals surface area (Å²) in [6.07, 6.45) is 11.1. The van der Waals surface area contributed by atoms with Crippen molar-refractivity contribution in [3.63, 3.8) is 0 Å². The number of sulfonamides is 1. The van der Waals surface area contributed by atoms with Crippen molar-refractivity contribution in [2.75, 3.05) is 24.7 Å². The van der Waals surface area contributed by atoms with Gasteiger partial charge in [-0.2, -0.15) is 5.26 Å². The van der Waals surface area contributed by atoms with Gasteiger partial charge in [-0.1, -0.05) is 18.2 Å². The zero-order valence-electron chi connectivity index (χ0n) is 17.7. The van der Waals surface area contributed by atoms with Crippen molar-refractivity contribution in [1.29, 1.82) is 5.26 Å². The quantitative estimate of drug-likeness (QED) is 0.559. The summed E-state index contributed by atoms with van der Waals surface area (Å²) in [5, 5.41) is 15.0. The number of benzene rings is 1. The predicted molar refractivity (Wildman–Crippen MR) is 122 cm³/mol. The van der Waals surface area contributed by atoms with E-state index in [-0.39, 0.29) is 6.04 Å². The van der Waals surface area contributed by atoms with Gasteiger partial charge in [-0.15, -0.1) is 0 Å². The monoisotopic (exact) mass is 424 g/mol. The van der Waals surface area contributed by atoms with Crippen molar-refractivity contribution in [2.24, 2.45) is 0 Å². The molecule has 1 aromatic carbocycles. The van der Waals surface area contributed by atoms with Crippen LogP contribution in [0.1, 0.15) is 32.3 Å². The molecule has 1 aromatic heterocycles. The fraction of sp³-hybridized carbons (Fsp3) is 0.391. The van der Waals surface area contributed by atoms with Gasteiger partial charge >= 0.3 is 0 Å². The standard InChI is InChI=1S/C23H28N4O2S/c1-4-19(15-24)17(2)5-6-18-13-20-7-10-25-16-22(20)23(14-18)26-21-8-11-27(12-9-21)30(3,28)29/h4-5,7,10,13-14,16,21,26H,6,8-9,11-12H2,1-3H3/b17-5-,19-4-. The maximum atomic E-state index is 11.8. The molecule has 0 unspecified atom stereocenters. The molecule has 0 spiro atoms. The summed E-state index contributed by atoms with van der Waals surface area (Å²) in [6, 6.07) is 8.73. The molecule has 30 heavy (non-hydrogen) atoms. The zero-order chi connectivity index (χ0) is 21.7. The first-order valence-electron chi connectivity index (χ1n) is 10.1. The maximum absolute atomic E-state index is 11.8. The van der Waals surface area contributed by atoms with Crippen LogP contribution in [-0.2, 0) is 16.4 Å². The SMILES string of the molecule is C/C=C(C#N)\C(C)=C/Cc1cc(NC2CCN(S(C)(=O)=O)CC2)c2cnccc2c1. The number of anilines is 1. The third-order valence-electron chi connectivity index (χ3n) is 5.58. The Labute approximate surface area is 179 Å². The van der Waals surface area contributed by atoms with Crippen LogP contribution in [0.3, 0.4) is 0 Å². The van der Waals surface area contributed by atoms with Crippen LogP contribution < -0.4 is 5.32 Å². The van der Waals surface area contributed by atoms with E-state index in [1.807, 2.05) is 32.2 Å². The molecule has 1 N–H and O–H groups in total. The Balaban J connectivity index is 1.82. The summed E-state index contributed by atoms with van der Waals surface area (Å²) in [6.45, 7) is 4.90. The van der Waals surface area contributed by atoms with Crippen LogP contribution in [0.2, 0.25) is 0 Å². The highest BCUT2D eigenvalue weighted by Crippen LogP contribution is 2.28. The van der Waals surface area contributed by atoms with Gasteiger partial charge in [-0.3, -0.25) is 4.98 Å². The third-order valence-corrected chi connectivity index (χ3v) is 6.88. The second-order valence-corrected chi connectivity index (χ2v) is 9.71. The van der Waals surface area contributed by atoms with Gasteiger partial charge in [0.05, 0.1) is 17.9 Å². The minimum Gasteiger partial charge on any atom is -0.382 e. The molecule has 0 amide bonds. The number of hydrogen-bond donors (Lipinski definition) is 1. The Morgan fingerprint density at radius 1 is 1.37 bits per heavy atom. The molecule has 1 fully saturated rings. The second-order valence-electron chi connectivity index (χ2n) is 7.73. The lowest BCUT2D eigenvalue weighted by Crippen LogP contribution is -2.41. The molecule has 6 nitrogen and oxygen atoms in total. The van der Waals surface area contributed by atoms with Crippen molar-refractivity contribution < 1.29 is 8.42 Å². The topological polar surface area (TPSA) is 86.1 Å². The number of allylic oxidation sites excluding steroid dienone is 4. The van der Waals surface area contributed by atoms with Crippen molar-refractivity contribution in [1.82, 2.24) is 9.29 Å². The first-order chi connectivity index (χ1) is 14.3. The van der Waals surface area contributed by atoms with E-state index in [2.05, 4.69) is 34.6 Å². The molecule has 1 aliphatic rings. The Bertz CT molecular complexity index is 1120. The molecule has 158 valence electrons.